The summed E-state index contributed by atoms with van der Waals surface area (Å²) in [4.78, 5) is 4.35. The second kappa shape index (κ2) is 6.97. The van der Waals surface area contributed by atoms with E-state index in [1.54, 1.807) is 41.2 Å². The molecule has 0 radical (unpaired) electrons. The van der Waals surface area contributed by atoms with Gasteiger partial charge in [-0.05, 0) is 35.7 Å². The Balaban J connectivity index is 1.61. The monoisotopic (exact) mass is 393 g/mol. The molecule has 0 aliphatic carbocycles. The summed E-state index contributed by atoms with van der Waals surface area (Å²) in [6.07, 6.45) is 3.33. The van der Waals surface area contributed by atoms with Crippen molar-refractivity contribution in [2.24, 2.45) is 0 Å². The zero-order valence-corrected chi connectivity index (χ0v) is 16.0. The van der Waals surface area contributed by atoms with E-state index >= 15 is 0 Å². The van der Waals surface area contributed by atoms with Gasteiger partial charge >= 0.3 is 0 Å². The van der Waals surface area contributed by atoms with Gasteiger partial charge in [-0.15, -0.1) is 0 Å². The molecule has 28 heavy (non-hydrogen) atoms. The highest BCUT2D eigenvalue weighted by molar-refractivity contribution is 7.91. The maximum atomic E-state index is 12.5. The van der Waals surface area contributed by atoms with Crippen molar-refractivity contribution in [3.8, 4) is 11.1 Å². The Morgan fingerprint density at radius 2 is 1.89 bits per heavy atom. The predicted molar refractivity (Wildman–Crippen MR) is 110 cm³/mol. The molecule has 8 heteroatoms. The minimum absolute atomic E-state index is 0.0815. The van der Waals surface area contributed by atoms with Gasteiger partial charge in [-0.25, -0.2) is 13.4 Å². The topological polar surface area (TPSA) is 102 Å². The molecule has 0 saturated carbocycles. The summed E-state index contributed by atoms with van der Waals surface area (Å²) in [5, 5.41) is 4.17. The van der Waals surface area contributed by atoms with Gasteiger partial charge in [0.25, 0.3) is 0 Å². The van der Waals surface area contributed by atoms with Crippen LogP contribution < -0.4 is 10.5 Å². The third-order valence-corrected chi connectivity index (χ3v) is 5.70. The van der Waals surface area contributed by atoms with Crippen LogP contribution in [-0.2, 0) is 15.8 Å². The Bertz CT molecular complexity index is 1250. The summed E-state index contributed by atoms with van der Waals surface area (Å²) >= 11 is 0. The number of nitrogens with two attached hydrogens (primary N) is 1. The number of sulfonamides is 1. The Morgan fingerprint density at radius 3 is 2.64 bits per heavy atom. The first kappa shape index (κ1) is 18.0. The molecule has 3 N–H and O–H groups in total. The predicted octanol–water partition coefficient (Wildman–Crippen LogP) is 3.23. The highest BCUT2D eigenvalue weighted by atomic mass is 32.2. The van der Waals surface area contributed by atoms with E-state index in [2.05, 4.69) is 14.8 Å². The minimum Gasteiger partial charge on any atom is -0.383 e. The van der Waals surface area contributed by atoms with Gasteiger partial charge in [-0.1, -0.05) is 36.4 Å². The molecule has 0 amide bonds. The smallest absolute Gasteiger partial charge is 0.236 e. The Hall–Kier alpha value is -3.39. The highest BCUT2D eigenvalue weighted by Gasteiger charge is 2.15. The number of benzene rings is 2. The van der Waals surface area contributed by atoms with Crippen molar-refractivity contribution in [2.45, 2.75) is 12.7 Å². The van der Waals surface area contributed by atoms with Crippen LogP contribution in [0.3, 0.4) is 0 Å². The van der Waals surface area contributed by atoms with E-state index in [1.165, 1.54) is 0 Å². The normalized spacial score (nSPS) is 11.6. The lowest BCUT2D eigenvalue weighted by Gasteiger charge is -2.13. The fraction of sp³-hybridized carbons (Fsp3) is 0.100. The molecule has 0 aliphatic heterocycles. The van der Waals surface area contributed by atoms with Gasteiger partial charge in [0.05, 0.1) is 17.6 Å². The van der Waals surface area contributed by atoms with Crippen LogP contribution in [0.1, 0.15) is 11.1 Å². The number of nitrogens with one attached hydrogen (secondary N) is 1. The van der Waals surface area contributed by atoms with Gasteiger partial charge in [0, 0.05) is 17.8 Å². The van der Waals surface area contributed by atoms with Crippen LogP contribution in [0.4, 0.5) is 11.5 Å². The Kier molecular flexibility index (Phi) is 4.48. The maximum Gasteiger partial charge on any atom is 0.236 e. The lowest BCUT2D eigenvalue weighted by molar-refractivity contribution is 0.600. The lowest BCUT2D eigenvalue weighted by atomic mass is 10.0. The van der Waals surface area contributed by atoms with Crippen molar-refractivity contribution < 1.29 is 8.42 Å². The van der Waals surface area contributed by atoms with Crippen LogP contribution in [0.5, 0.6) is 0 Å². The van der Waals surface area contributed by atoms with Gasteiger partial charge < -0.3 is 5.73 Å². The van der Waals surface area contributed by atoms with E-state index in [0.29, 0.717) is 17.2 Å². The molecule has 7 nitrogen and oxygen atoms in total. The van der Waals surface area contributed by atoms with Crippen LogP contribution in [0, 0.1) is 6.92 Å². The largest absolute Gasteiger partial charge is 0.383 e. The van der Waals surface area contributed by atoms with Crippen LogP contribution in [0.15, 0.2) is 67.0 Å². The highest BCUT2D eigenvalue weighted by Crippen LogP contribution is 2.29. The zero-order chi connectivity index (χ0) is 19.7. The van der Waals surface area contributed by atoms with Crippen molar-refractivity contribution in [3.63, 3.8) is 0 Å². The number of fused-ring (bicyclic) bond motifs is 1. The molecule has 2 aromatic carbocycles. The van der Waals surface area contributed by atoms with Gasteiger partial charge in [0.15, 0.2) is 5.65 Å². The second-order valence-corrected chi connectivity index (χ2v) is 8.26. The van der Waals surface area contributed by atoms with Crippen LogP contribution in [0.25, 0.3) is 16.8 Å². The first-order chi connectivity index (χ1) is 13.4. The first-order valence-electron chi connectivity index (χ1n) is 8.66. The quantitative estimate of drug-likeness (QED) is 0.542. The average Bonchev–Trinajstić information content (AvgIpc) is 3.14. The van der Waals surface area contributed by atoms with Crippen LogP contribution in [0.2, 0.25) is 0 Å². The summed E-state index contributed by atoms with van der Waals surface area (Å²) in [7, 11) is -3.52. The molecule has 2 aromatic heterocycles. The van der Waals surface area contributed by atoms with E-state index in [1.807, 2.05) is 37.3 Å². The molecule has 2 heterocycles. The molecule has 0 saturated heterocycles. The maximum absolute atomic E-state index is 12.5. The molecule has 0 atom stereocenters. The van der Waals surface area contributed by atoms with Gasteiger partial charge in [0.1, 0.15) is 5.82 Å². The molecule has 0 aliphatic rings. The number of aryl methyl sites for hydroxylation is 1. The Morgan fingerprint density at radius 1 is 1.11 bits per heavy atom. The lowest BCUT2D eigenvalue weighted by Crippen LogP contribution is -2.15. The summed E-state index contributed by atoms with van der Waals surface area (Å²) in [6.45, 7) is 1.85. The average molecular weight is 393 g/mol. The van der Waals surface area contributed by atoms with E-state index in [0.717, 1.165) is 22.3 Å². The molecule has 0 fully saturated rings. The fourth-order valence-electron chi connectivity index (χ4n) is 3.06. The summed E-state index contributed by atoms with van der Waals surface area (Å²) < 4.78 is 29.2. The first-order valence-corrected chi connectivity index (χ1v) is 10.3. The zero-order valence-electron chi connectivity index (χ0n) is 15.2. The fourth-order valence-corrected chi connectivity index (χ4v) is 4.32. The van der Waals surface area contributed by atoms with E-state index < -0.39 is 10.0 Å². The number of nitrogens with zero attached hydrogens (tertiary/aromatic N) is 3. The van der Waals surface area contributed by atoms with Gasteiger partial charge in [-0.3, -0.25) is 4.72 Å². The summed E-state index contributed by atoms with van der Waals surface area (Å²) in [5.41, 5.74) is 10.5. The van der Waals surface area contributed by atoms with Crippen molar-refractivity contribution in [3.05, 3.63) is 78.1 Å². The van der Waals surface area contributed by atoms with Crippen molar-refractivity contribution in [1.29, 1.82) is 0 Å². The number of anilines is 2. The minimum atomic E-state index is -3.52. The van der Waals surface area contributed by atoms with E-state index in [9.17, 15) is 8.42 Å². The third kappa shape index (κ3) is 3.54. The molecular weight excluding hydrogens is 374 g/mol. The van der Waals surface area contributed by atoms with E-state index in [-0.39, 0.29) is 5.75 Å². The number of hydrogen-bond donors (Lipinski definition) is 2. The second-order valence-electron chi connectivity index (χ2n) is 6.53. The molecule has 0 spiro atoms. The van der Waals surface area contributed by atoms with Gasteiger partial charge in [-0.2, -0.15) is 9.61 Å². The Labute approximate surface area is 162 Å². The van der Waals surface area contributed by atoms with E-state index in [4.69, 9.17) is 5.73 Å². The number of nitrogen functional groups attached to an aromatic ring is 1. The van der Waals surface area contributed by atoms with Crippen molar-refractivity contribution >= 4 is 27.2 Å². The molecule has 4 rings (SSSR count). The molecule has 0 bridgehead atoms. The molecule has 4 aromatic rings. The standard InChI is InChI=1S/C20H19N5O2S/c1-14-11-16(17-12-22-19-9-10-23-25(19)20(17)21)7-8-18(14)24-28(26,27)13-15-5-3-2-4-6-15/h2-12,24H,13,21H2,1H3. The van der Waals surface area contributed by atoms with Crippen molar-refractivity contribution in [1.82, 2.24) is 14.6 Å². The van der Waals surface area contributed by atoms with Crippen LogP contribution >= 0.6 is 0 Å². The number of rotatable bonds is 5. The summed E-state index contributed by atoms with van der Waals surface area (Å²) in [6, 6.07) is 16.3. The summed E-state index contributed by atoms with van der Waals surface area (Å²) in [5.74, 6) is 0.397. The molecular formula is C20H19N5O2S. The molecule has 142 valence electrons. The number of aromatic nitrogens is 3. The number of hydrogen-bond acceptors (Lipinski definition) is 5. The third-order valence-electron chi connectivity index (χ3n) is 4.46. The molecule has 0 unspecified atom stereocenters. The van der Waals surface area contributed by atoms with Crippen molar-refractivity contribution in [2.75, 3.05) is 10.5 Å². The van der Waals surface area contributed by atoms with Crippen LogP contribution in [-0.4, -0.2) is 23.0 Å². The SMILES string of the molecule is Cc1cc(-c2cnc3ccnn3c2N)ccc1NS(=O)(=O)Cc1ccccc1. The van der Waals surface area contributed by atoms with Gasteiger partial charge in [0.2, 0.25) is 10.0 Å².